The molecule has 1 N–H and O–H groups in total. The van der Waals surface area contributed by atoms with Crippen molar-refractivity contribution in [1.29, 1.82) is 0 Å². The average molecular weight is 274 g/mol. The van der Waals surface area contributed by atoms with Gasteiger partial charge >= 0.3 is 5.97 Å². The van der Waals surface area contributed by atoms with Gasteiger partial charge in [0.2, 0.25) is 0 Å². The first-order valence-electron chi connectivity index (χ1n) is 5.96. The van der Waals surface area contributed by atoms with Crippen LogP contribution in [0.1, 0.15) is 33.6 Å². The summed E-state index contributed by atoms with van der Waals surface area (Å²) in [5.41, 5.74) is 1.22. The second-order valence-corrected chi connectivity index (χ2v) is 5.35. The highest BCUT2D eigenvalue weighted by molar-refractivity contribution is 7.10. The maximum absolute atomic E-state index is 12.3. The molecule has 2 aromatic rings. The highest BCUT2D eigenvalue weighted by Crippen LogP contribution is 2.24. The molecule has 1 aromatic heterocycles. The van der Waals surface area contributed by atoms with Gasteiger partial charge in [-0.3, -0.25) is 9.59 Å². The minimum Gasteiger partial charge on any atom is -0.481 e. The van der Waals surface area contributed by atoms with Gasteiger partial charge in [-0.25, -0.2) is 0 Å². The van der Waals surface area contributed by atoms with Crippen molar-refractivity contribution in [3.05, 3.63) is 57.8 Å². The van der Waals surface area contributed by atoms with Crippen molar-refractivity contribution in [3.8, 4) is 0 Å². The molecule has 0 amide bonds. The van der Waals surface area contributed by atoms with E-state index in [1.54, 1.807) is 35.6 Å². The van der Waals surface area contributed by atoms with Crippen molar-refractivity contribution in [2.24, 2.45) is 0 Å². The van der Waals surface area contributed by atoms with E-state index in [4.69, 9.17) is 5.11 Å². The van der Waals surface area contributed by atoms with Crippen LogP contribution in [-0.4, -0.2) is 16.9 Å². The molecule has 1 atom stereocenters. The number of carbonyl (C=O) groups is 2. The lowest BCUT2D eigenvalue weighted by molar-refractivity contribution is -0.136. The van der Waals surface area contributed by atoms with Gasteiger partial charge in [0.15, 0.2) is 5.78 Å². The first-order chi connectivity index (χ1) is 9.08. The number of carboxylic acid groups (broad SMARTS) is 1. The van der Waals surface area contributed by atoms with Crippen molar-refractivity contribution >= 4 is 23.1 Å². The van der Waals surface area contributed by atoms with Crippen molar-refractivity contribution in [1.82, 2.24) is 0 Å². The Labute approximate surface area is 115 Å². The van der Waals surface area contributed by atoms with E-state index in [0.29, 0.717) is 11.1 Å². The minimum absolute atomic E-state index is 0.0229. The molecular formula is C15H14O3S. The SMILES string of the molecule is CC(C(=O)c1cccc(CC(=O)O)c1)c1cccs1. The molecule has 3 nitrogen and oxygen atoms in total. The van der Waals surface area contributed by atoms with Crippen molar-refractivity contribution in [3.63, 3.8) is 0 Å². The Morgan fingerprint density at radius 3 is 2.68 bits per heavy atom. The van der Waals surface area contributed by atoms with Gasteiger partial charge in [0.25, 0.3) is 0 Å². The summed E-state index contributed by atoms with van der Waals surface area (Å²) in [6.07, 6.45) is -0.0610. The number of rotatable bonds is 5. The monoisotopic (exact) mass is 274 g/mol. The molecule has 0 aliphatic carbocycles. The van der Waals surface area contributed by atoms with Crippen LogP contribution in [0.15, 0.2) is 41.8 Å². The zero-order chi connectivity index (χ0) is 13.8. The smallest absolute Gasteiger partial charge is 0.307 e. The van der Waals surface area contributed by atoms with Gasteiger partial charge < -0.3 is 5.11 Å². The summed E-state index contributed by atoms with van der Waals surface area (Å²) in [5, 5.41) is 10.7. The van der Waals surface area contributed by atoms with E-state index in [9.17, 15) is 9.59 Å². The Bertz CT molecular complexity index is 587. The molecule has 98 valence electrons. The number of thiophene rings is 1. The summed E-state index contributed by atoms with van der Waals surface area (Å²) < 4.78 is 0. The van der Waals surface area contributed by atoms with E-state index in [2.05, 4.69) is 0 Å². The lowest BCUT2D eigenvalue weighted by atomic mass is 9.96. The molecule has 0 bridgehead atoms. The molecule has 0 radical (unpaired) electrons. The van der Waals surface area contributed by atoms with Crippen LogP contribution >= 0.6 is 11.3 Å². The van der Waals surface area contributed by atoms with Crippen molar-refractivity contribution < 1.29 is 14.7 Å². The molecule has 19 heavy (non-hydrogen) atoms. The second kappa shape index (κ2) is 5.80. The number of ketones is 1. The first kappa shape index (κ1) is 13.5. The van der Waals surface area contributed by atoms with Crippen LogP contribution < -0.4 is 0 Å². The van der Waals surface area contributed by atoms with E-state index in [0.717, 1.165) is 4.88 Å². The molecule has 0 aliphatic rings. The molecule has 0 aliphatic heterocycles. The summed E-state index contributed by atoms with van der Waals surface area (Å²) in [4.78, 5) is 24.0. The Hall–Kier alpha value is -1.94. The van der Waals surface area contributed by atoms with Crippen LogP contribution in [0.4, 0.5) is 0 Å². The molecule has 1 aromatic carbocycles. The fourth-order valence-corrected chi connectivity index (χ4v) is 2.71. The van der Waals surface area contributed by atoms with Crippen LogP contribution in [0.25, 0.3) is 0 Å². The van der Waals surface area contributed by atoms with E-state index in [-0.39, 0.29) is 18.1 Å². The standard InChI is InChI=1S/C15H14O3S/c1-10(13-6-3-7-19-13)15(18)12-5-2-4-11(8-12)9-14(16)17/h2-8,10H,9H2,1H3,(H,16,17). The van der Waals surface area contributed by atoms with Crippen LogP contribution in [0, 0.1) is 0 Å². The predicted molar refractivity (Wildman–Crippen MR) is 74.8 cm³/mol. The van der Waals surface area contributed by atoms with E-state index in [1.807, 2.05) is 24.4 Å². The maximum Gasteiger partial charge on any atom is 0.307 e. The highest BCUT2D eigenvalue weighted by atomic mass is 32.1. The minimum atomic E-state index is -0.893. The molecule has 2 rings (SSSR count). The predicted octanol–water partition coefficient (Wildman–Crippen LogP) is 3.36. The third-order valence-electron chi connectivity index (χ3n) is 2.93. The van der Waals surface area contributed by atoms with E-state index in [1.165, 1.54) is 0 Å². The quantitative estimate of drug-likeness (QED) is 0.850. The Kier molecular flexibility index (Phi) is 4.12. The molecule has 1 unspecified atom stereocenters. The van der Waals surface area contributed by atoms with Gasteiger partial charge in [0.05, 0.1) is 12.3 Å². The van der Waals surface area contributed by atoms with Crippen molar-refractivity contribution in [2.75, 3.05) is 0 Å². The Balaban J connectivity index is 2.21. The van der Waals surface area contributed by atoms with Gasteiger partial charge in [-0.15, -0.1) is 11.3 Å². The summed E-state index contributed by atoms with van der Waals surface area (Å²) in [7, 11) is 0. The first-order valence-corrected chi connectivity index (χ1v) is 6.84. The normalized spacial score (nSPS) is 12.1. The highest BCUT2D eigenvalue weighted by Gasteiger charge is 2.18. The van der Waals surface area contributed by atoms with Gasteiger partial charge in [-0.2, -0.15) is 0 Å². The van der Waals surface area contributed by atoms with Crippen LogP contribution in [0.3, 0.4) is 0 Å². The summed E-state index contributed by atoms with van der Waals surface area (Å²) >= 11 is 1.55. The fourth-order valence-electron chi connectivity index (χ4n) is 1.93. The second-order valence-electron chi connectivity index (χ2n) is 4.37. The molecule has 0 fully saturated rings. The van der Waals surface area contributed by atoms with Gasteiger partial charge in [0, 0.05) is 10.4 Å². The summed E-state index contributed by atoms with van der Waals surface area (Å²) in [6, 6.07) is 10.7. The third kappa shape index (κ3) is 3.29. The van der Waals surface area contributed by atoms with Crippen LogP contribution in [0.5, 0.6) is 0 Å². The van der Waals surface area contributed by atoms with Gasteiger partial charge in [0.1, 0.15) is 0 Å². The third-order valence-corrected chi connectivity index (χ3v) is 3.99. The van der Waals surface area contributed by atoms with E-state index >= 15 is 0 Å². The molecule has 4 heteroatoms. The number of hydrogen-bond acceptors (Lipinski definition) is 3. The number of carboxylic acids is 1. The number of carbonyl (C=O) groups excluding carboxylic acids is 1. The molecular weight excluding hydrogens is 260 g/mol. The lowest BCUT2D eigenvalue weighted by Gasteiger charge is -2.09. The van der Waals surface area contributed by atoms with Crippen molar-refractivity contribution in [2.45, 2.75) is 19.3 Å². The maximum atomic E-state index is 12.3. The number of aliphatic carboxylic acids is 1. The fraction of sp³-hybridized carbons (Fsp3) is 0.200. The summed E-state index contributed by atoms with van der Waals surface area (Å²) in [5.74, 6) is -1.06. The Morgan fingerprint density at radius 1 is 1.26 bits per heavy atom. The lowest BCUT2D eigenvalue weighted by Crippen LogP contribution is -2.09. The van der Waals surface area contributed by atoms with Gasteiger partial charge in [-0.1, -0.05) is 31.2 Å². The summed E-state index contributed by atoms with van der Waals surface area (Å²) in [6.45, 7) is 1.87. The van der Waals surface area contributed by atoms with E-state index < -0.39 is 5.97 Å². The molecule has 0 saturated heterocycles. The number of hydrogen-bond donors (Lipinski definition) is 1. The van der Waals surface area contributed by atoms with Crippen LogP contribution in [-0.2, 0) is 11.2 Å². The van der Waals surface area contributed by atoms with Gasteiger partial charge in [-0.05, 0) is 23.1 Å². The molecule has 0 spiro atoms. The number of Topliss-reactive ketones (excluding diaryl/α,β-unsaturated/α-hetero) is 1. The Morgan fingerprint density at radius 2 is 2.05 bits per heavy atom. The topological polar surface area (TPSA) is 54.4 Å². The molecule has 0 saturated carbocycles. The zero-order valence-corrected chi connectivity index (χ0v) is 11.3. The average Bonchev–Trinajstić information content (AvgIpc) is 2.90. The number of benzene rings is 1. The largest absolute Gasteiger partial charge is 0.481 e. The van der Waals surface area contributed by atoms with Crippen LogP contribution in [0.2, 0.25) is 0 Å². The molecule has 1 heterocycles. The zero-order valence-electron chi connectivity index (χ0n) is 10.5.